The highest BCUT2D eigenvalue weighted by Crippen LogP contribution is 2.30. The fourth-order valence-electron chi connectivity index (χ4n) is 2.68. The van der Waals surface area contributed by atoms with Crippen LogP contribution in [0.5, 0.6) is 0 Å². The van der Waals surface area contributed by atoms with Crippen molar-refractivity contribution >= 4 is 0 Å². The van der Waals surface area contributed by atoms with Gasteiger partial charge in [-0.2, -0.15) is 0 Å². The van der Waals surface area contributed by atoms with Crippen molar-refractivity contribution in [2.75, 3.05) is 26.3 Å². The molecule has 1 fully saturated rings. The molecule has 102 valence electrons. The van der Waals surface area contributed by atoms with Gasteiger partial charge in [-0.25, -0.2) is 0 Å². The Kier molecular flexibility index (Phi) is 6.45. The van der Waals surface area contributed by atoms with E-state index in [9.17, 15) is 0 Å². The summed E-state index contributed by atoms with van der Waals surface area (Å²) in [5.74, 6) is 1.77. The van der Waals surface area contributed by atoms with Gasteiger partial charge in [0.2, 0.25) is 0 Å². The Labute approximate surface area is 106 Å². The molecule has 1 rings (SSSR count). The summed E-state index contributed by atoms with van der Waals surface area (Å²) in [6.45, 7) is 6.04. The number of nitrogens with one attached hydrogen (secondary N) is 1. The number of aliphatic hydroxyl groups excluding tert-OH is 2. The molecule has 0 heterocycles. The maximum atomic E-state index is 9.17. The fourth-order valence-corrected chi connectivity index (χ4v) is 2.68. The van der Waals surface area contributed by atoms with Gasteiger partial charge in [0.25, 0.3) is 0 Å². The van der Waals surface area contributed by atoms with E-state index in [0.29, 0.717) is 6.54 Å². The minimum atomic E-state index is -0.375. The Morgan fingerprint density at radius 1 is 1.24 bits per heavy atom. The molecule has 0 aromatic carbocycles. The minimum Gasteiger partial charge on any atom is -0.396 e. The highest BCUT2D eigenvalue weighted by Gasteiger charge is 2.22. The third kappa shape index (κ3) is 5.36. The third-order valence-corrected chi connectivity index (χ3v) is 4.09. The van der Waals surface area contributed by atoms with E-state index >= 15 is 0 Å². The predicted octanol–water partition coefficient (Wildman–Crippen LogP) is 1.78. The maximum Gasteiger partial charge on any atom is 0.0518 e. The Morgan fingerprint density at radius 2 is 1.94 bits per heavy atom. The van der Waals surface area contributed by atoms with Gasteiger partial charge in [0.05, 0.1) is 13.2 Å². The van der Waals surface area contributed by atoms with Crippen molar-refractivity contribution in [3.05, 3.63) is 0 Å². The zero-order valence-corrected chi connectivity index (χ0v) is 11.4. The monoisotopic (exact) mass is 243 g/mol. The molecule has 1 saturated carbocycles. The van der Waals surface area contributed by atoms with Crippen LogP contribution in [-0.4, -0.2) is 36.5 Å². The van der Waals surface area contributed by atoms with Crippen molar-refractivity contribution in [1.82, 2.24) is 5.32 Å². The molecule has 2 unspecified atom stereocenters. The molecule has 3 N–H and O–H groups in total. The first-order valence-electron chi connectivity index (χ1n) is 7.02. The third-order valence-electron chi connectivity index (χ3n) is 4.09. The van der Waals surface area contributed by atoms with Gasteiger partial charge in [-0.05, 0) is 31.2 Å². The molecule has 0 aromatic rings. The summed E-state index contributed by atoms with van der Waals surface area (Å²) in [6, 6.07) is 0. The van der Waals surface area contributed by atoms with E-state index in [-0.39, 0.29) is 18.6 Å². The fraction of sp³-hybridized carbons (Fsp3) is 1.00. The summed E-state index contributed by atoms with van der Waals surface area (Å²) in [4.78, 5) is 0. The van der Waals surface area contributed by atoms with Gasteiger partial charge in [-0.1, -0.05) is 33.1 Å². The van der Waals surface area contributed by atoms with Crippen LogP contribution in [0.15, 0.2) is 0 Å². The largest absolute Gasteiger partial charge is 0.396 e. The zero-order valence-electron chi connectivity index (χ0n) is 11.4. The standard InChI is InChI=1S/C14H29NO2/c1-12-4-3-5-13(8-12)6-7-15-9-14(2,10-16)11-17/h12-13,15-17H,3-11H2,1-2H3. The molecule has 0 spiro atoms. The van der Waals surface area contributed by atoms with E-state index in [0.717, 1.165) is 18.4 Å². The quantitative estimate of drug-likeness (QED) is 0.598. The Hall–Kier alpha value is -0.120. The van der Waals surface area contributed by atoms with Crippen LogP contribution in [0.4, 0.5) is 0 Å². The maximum absolute atomic E-state index is 9.17. The molecular formula is C14H29NO2. The average Bonchev–Trinajstić information content (AvgIpc) is 2.34. The second kappa shape index (κ2) is 7.34. The molecule has 17 heavy (non-hydrogen) atoms. The Balaban J connectivity index is 2.11. The first-order chi connectivity index (χ1) is 8.09. The lowest BCUT2D eigenvalue weighted by molar-refractivity contribution is 0.0694. The Morgan fingerprint density at radius 3 is 2.53 bits per heavy atom. The van der Waals surface area contributed by atoms with Gasteiger partial charge in [0, 0.05) is 12.0 Å². The van der Waals surface area contributed by atoms with Crippen LogP contribution in [0.25, 0.3) is 0 Å². The number of rotatable bonds is 7. The van der Waals surface area contributed by atoms with Crippen LogP contribution in [0, 0.1) is 17.3 Å². The van der Waals surface area contributed by atoms with E-state index in [1.165, 1.54) is 32.1 Å². The lowest BCUT2D eigenvalue weighted by Crippen LogP contribution is -2.38. The van der Waals surface area contributed by atoms with Crippen LogP contribution in [0.3, 0.4) is 0 Å². The molecule has 3 nitrogen and oxygen atoms in total. The second-order valence-corrected chi connectivity index (χ2v) is 6.23. The van der Waals surface area contributed by atoms with Crippen molar-refractivity contribution < 1.29 is 10.2 Å². The van der Waals surface area contributed by atoms with Crippen molar-refractivity contribution in [1.29, 1.82) is 0 Å². The lowest BCUT2D eigenvalue weighted by Gasteiger charge is -2.28. The van der Waals surface area contributed by atoms with Crippen molar-refractivity contribution in [3.63, 3.8) is 0 Å². The first kappa shape index (κ1) is 14.9. The SMILES string of the molecule is CC1CCCC(CCNCC(C)(CO)CO)C1. The van der Waals surface area contributed by atoms with E-state index in [4.69, 9.17) is 10.2 Å². The van der Waals surface area contributed by atoms with E-state index in [2.05, 4.69) is 12.2 Å². The van der Waals surface area contributed by atoms with E-state index < -0.39 is 0 Å². The summed E-state index contributed by atoms with van der Waals surface area (Å²) in [6.07, 6.45) is 6.77. The van der Waals surface area contributed by atoms with Crippen LogP contribution in [0.2, 0.25) is 0 Å². The molecule has 0 amide bonds. The molecule has 0 bridgehead atoms. The molecule has 0 saturated heterocycles. The molecule has 0 aliphatic heterocycles. The van der Waals surface area contributed by atoms with E-state index in [1.807, 2.05) is 6.92 Å². The lowest BCUT2D eigenvalue weighted by atomic mass is 9.81. The summed E-state index contributed by atoms with van der Waals surface area (Å²) in [5.41, 5.74) is -0.375. The molecule has 0 radical (unpaired) electrons. The summed E-state index contributed by atoms with van der Waals surface area (Å²) in [5, 5.41) is 21.7. The van der Waals surface area contributed by atoms with Crippen molar-refractivity contribution in [2.24, 2.45) is 17.3 Å². The van der Waals surface area contributed by atoms with Crippen molar-refractivity contribution in [3.8, 4) is 0 Å². The molecular weight excluding hydrogens is 214 g/mol. The molecule has 3 heteroatoms. The topological polar surface area (TPSA) is 52.5 Å². The van der Waals surface area contributed by atoms with Crippen LogP contribution in [0.1, 0.15) is 46.0 Å². The zero-order chi connectivity index (χ0) is 12.7. The predicted molar refractivity (Wildman–Crippen MR) is 70.9 cm³/mol. The van der Waals surface area contributed by atoms with Crippen LogP contribution in [-0.2, 0) is 0 Å². The molecule has 2 atom stereocenters. The summed E-state index contributed by atoms with van der Waals surface area (Å²) in [7, 11) is 0. The summed E-state index contributed by atoms with van der Waals surface area (Å²) >= 11 is 0. The van der Waals surface area contributed by atoms with Gasteiger partial charge in [-0.3, -0.25) is 0 Å². The summed E-state index contributed by atoms with van der Waals surface area (Å²) < 4.78 is 0. The average molecular weight is 243 g/mol. The van der Waals surface area contributed by atoms with Gasteiger partial charge in [0.15, 0.2) is 0 Å². The first-order valence-corrected chi connectivity index (χ1v) is 7.02. The molecule has 1 aliphatic rings. The smallest absolute Gasteiger partial charge is 0.0518 e. The normalized spacial score (nSPS) is 26.1. The van der Waals surface area contributed by atoms with Gasteiger partial charge in [0.1, 0.15) is 0 Å². The highest BCUT2D eigenvalue weighted by atomic mass is 16.3. The van der Waals surface area contributed by atoms with E-state index in [1.54, 1.807) is 0 Å². The number of aliphatic hydroxyl groups is 2. The highest BCUT2D eigenvalue weighted by molar-refractivity contribution is 4.76. The van der Waals surface area contributed by atoms with Crippen LogP contribution < -0.4 is 5.32 Å². The van der Waals surface area contributed by atoms with Gasteiger partial charge < -0.3 is 15.5 Å². The number of hydrogen-bond acceptors (Lipinski definition) is 3. The number of hydrogen-bond donors (Lipinski definition) is 3. The van der Waals surface area contributed by atoms with Gasteiger partial charge in [-0.15, -0.1) is 0 Å². The molecule has 1 aliphatic carbocycles. The van der Waals surface area contributed by atoms with Gasteiger partial charge >= 0.3 is 0 Å². The minimum absolute atomic E-state index is 0.0387. The molecule has 0 aromatic heterocycles. The Bertz CT molecular complexity index is 204. The van der Waals surface area contributed by atoms with Crippen LogP contribution >= 0.6 is 0 Å². The van der Waals surface area contributed by atoms with Crippen molar-refractivity contribution in [2.45, 2.75) is 46.0 Å². The second-order valence-electron chi connectivity index (χ2n) is 6.23.